The fourth-order valence-electron chi connectivity index (χ4n) is 2.73. The van der Waals surface area contributed by atoms with Gasteiger partial charge in [-0.25, -0.2) is 0 Å². The molecule has 0 spiro atoms. The van der Waals surface area contributed by atoms with Crippen LogP contribution in [0.4, 0.5) is 5.69 Å². The summed E-state index contributed by atoms with van der Waals surface area (Å²) in [5.74, 6) is 0.225. The van der Waals surface area contributed by atoms with Gasteiger partial charge in [-0.1, -0.05) is 12.1 Å². The van der Waals surface area contributed by atoms with Crippen LogP contribution in [0, 0.1) is 6.92 Å². The molecule has 1 saturated heterocycles. The Balaban J connectivity index is 1.56. The summed E-state index contributed by atoms with van der Waals surface area (Å²) in [6, 6.07) is 12.3. The molecule has 2 heterocycles. The maximum absolute atomic E-state index is 9.26. The molecule has 4 nitrogen and oxygen atoms in total. The summed E-state index contributed by atoms with van der Waals surface area (Å²) < 4.78 is 0. The first-order chi connectivity index (χ1) is 10.2. The monoisotopic (exact) mass is 283 g/mol. The van der Waals surface area contributed by atoms with Gasteiger partial charge in [-0.3, -0.25) is 9.88 Å². The molecule has 1 aromatic heterocycles. The van der Waals surface area contributed by atoms with Crippen LogP contribution in [0.25, 0.3) is 0 Å². The molecule has 0 unspecified atom stereocenters. The smallest absolute Gasteiger partial charge is 0.133 e. The first-order valence-electron chi connectivity index (χ1n) is 7.38. The van der Waals surface area contributed by atoms with E-state index in [0.717, 1.165) is 38.4 Å². The summed E-state index contributed by atoms with van der Waals surface area (Å²) in [6.45, 7) is 7.15. The van der Waals surface area contributed by atoms with Gasteiger partial charge in [-0.15, -0.1) is 0 Å². The molecule has 1 aliphatic rings. The summed E-state index contributed by atoms with van der Waals surface area (Å²) in [5.41, 5.74) is 3.64. The molecule has 1 aliphatic heterocycles. The van der Waals surface area contributed by atoms with Gasteiger partial charge in [-0.2, -0.15) is 0 Å². The molecular weight excluding hydrogens is 262 g/mol. The normalized spacial score (nSPS) is 16.1. The molecule has 0 bridgehead atoms. The second kappa shape index (κ2) is 6.14. The van der Waals surface area contributed by atoms with Crippen molar-refractivity contribution in [3.63, 3.8) is 0 Å². The zero-order valence-electron chi connectivity index (χ0n) is 12.4. The minimum Gasteiger partial charge on any atom is -0.506 e. The third-order valence-corrected chi connectivity index (χ3v) is 3.93. The van der Waals surface area contributed by atoms with E-state index in [4.69, 9.17) is 0 Å². The van der Waals surface area contributed by atoms with E-state index in [1.807, 2.05) is 6.07 Å². The standard InChI is InChI=1S/C17H21N3O/c1-14-3-2-4-16(11-14)20-9-7-19(8-10-20)13-15-5-6-17(21)12-18-15/h2-6,11-12,21H,7-10,13H2,1H3. The quantitative estimate of drug-likeness (QED) is 0.939. The highest BCUT2D eigenvalue weighted by molar-refractivity contribution is 5.48. The Bertz CT molecular complexity index is 589. The zero-order valence-corrected chi connectivity index (χ0v) is 12.4. The Morgan fingerprint density at radius 1 is 1.10 bits per heavy atom. The highest BCUT2D eigenvalue weighted by Crippen LogP contribution is 2.18. The van der Waals surface area contributed by atoms with E-state index in [-0.39, 0.29) is 5.75 Å². The summed E-state index contributed by atoms with van der Waals surface area (Å²) in [7, 11) is 0. The van der Waals surface area contributed by atoms with Crippen LogP contribution < -0.4 is 4.90 Å². The number of hydrogen-bond donors (Lipinski definition) is 1. The SMILES string of the molecule is Cc1cccc(N2CCN(Cc3ccc(O)cn3)CC2)c1. The van der Waals surface area contributed by atoms with Gasteiger partial charge in [0, 0.05) is 38.4 Å². The molecule has 2 aromatic rings. The van der Waals surface area contributed by atoms with Gasteiger partial charge in [0.25, 0.3) is 0 Å². The van der Waals surface area contributed by atoms with Crippen molar-refractivity contribution in [2.75, 3.05) is 31.1 Å². The minimum atomic E-state index is 0.225. The van der Waals surface area contributed by atoms with E-state index in [9.17, 15) is 5.11 Å². The fourth-order valence-corrected chi connectivity index (χ4v) is 2.73. The number of nitrogens with zero attached hydrogens (tertiary/aromatic N) is 3. The number of aryl methyl sites for hydroxylation is 1. The summed E-state index contributed by atoms with van der Waals surface area (Å²) in [6.07, 6.45) is 1.51. The van der Waals surface area contributed by atoms with Crippen molar-refractivity contribution >= 4 is 5.69 Å². The second-order valence-corrected chi connectivity index (χ2v) is 5.61. The first kappa shape index (κ1) is 13.9. The highest BCUT2D eigenvalue weighted by atomic mass is 16.3. The minimum absolute atomic E-state index is 0.225. The lowest BCUT2D eigenvalue weighted by molar-refractivity contribution is 0.247. The fraction of sp³-hybridized carbons (Fsp3) is 0.353. The number of rotatable bonds is 3. The van der Waals surface area contributed by atoms with Crippen LogP contribution in [0.5, 0.6) is 5.75 Å². The Labute approximate surface area is 125 Å². The highest BCUT2D eigenvalue weighted by Gasteiger charge is 2.17. The lowest BCUT2D eigenvalue weighted by Crippen LogP contribution is -2.46. The van der Waals surface area contributed by atoms with Crippen LogP contribution in [0.3, 0.4) is 0 Å². The van der Waals surface area contributed by atoms with Crippen molar-refractivity contribution in [3.05, 3.63) is 53.9 Å². The number of hydrogen-bond acceptors (Lipinski definition) is 4. The van der Waals surface area contributed by atoms with Crippen molar-refractivity contribution in [2.24, 2.45) is 0 Å². The number of aromatic nitrogens is 1. The van der Waals surface area contributed by atoms with Gasteiger partial charge in [0.1, 0.15) is 5.75 Å². The molecule has 1 fully saturated rings. The van der Waals surface area contributed by atoms with Crippen LogP contribution in [-0.2, 0) is 6.54 Å². The van der Waals surface area contributed by atoms with Crippen LogP contribution in [0.15, 0.2) is 42.6 Å². The number of pyridine rings is 1. The lowest BCUT2D eigenvalue weighted by Gasteiger charge is -2.36. The average Bonchev–Trinajstić information content (AvgIpc) is 2.50. The van der Waals surface area contributed by atoms with Crippen LogP contribution in [0.2, 0.25) is 0 Å². The van der Waals surface area contributed by atoms with Crippen LogP contribution >= 0.6 is 0 Å². The Morgan fingerprint density at radius 3 is 2.57 bits per heavy atom. The lowest BCUT2D eigenvalue weighted by atomic mass is 10.2. The van der Waals surface area contributed by atoms with Gasteiger partial charge in [0.15, 0.2) is 0 Å². The number of piperazine rings is 1. The maximum atomic E-state index is 9.26. The molecule has 21 heavy (non-hydrogen) atoms. The van der Waals surface area contributed by atoms with Gasteiger partial charge >= 0.3 is 0 Å². The summed E-state index contributed by atoms with van der Waals surface area (Å²) in [5, 5.41) is 9.26. The van der Waals surface area contributed by atoms with Crippen molar-refractivity contribution in [1.29, 1.82) is 0 Å². The summed E-state index contributed by atoms with van der Waals surface area (Å²) in [4.78, 5) is 9.10. The molecular formula is C17H21N3O. The predicted octanol–water partition coefficient (Wildman–Crippen LogP) is 2.42. The average molecular weight is 283 g/mol. The number of anilines is 1. The Hall–Kier alpha value is -2.07. The van der Waals surface area contributed by atoms with Crippen molar-refractivity contribution in [2.45, 2.75) is 13.5 Å². The third kappa shape index (κ3) is 3.52. The van der Waals surface area contributed by atoms with E-state index in [2.05, 4.69) is 46.0 Å². The van der Waals surface area contributed by atoms with E-state index in [0.29, 0.717) is 0 Å². The molecule has 1 N–H and O–H groups in total. The molecule has 3 rings (SSSR count). The molecule has 4 heteroatoms. The maximum Gasteiger partial charge on any atom is 0.133 e. The van der Waals surface area contributed by atoms with Gasteiger partial charge in [0.2, 0.25) is 0 Å². The van der Waals surface area contributed by atoms with E-state index < -0.39 is 0 Å². The van der Waals surface area contributed by atoms with Crippen molar-refractivity contribution < 1.29 is 5.11 Å². The van der Waals surface area contributed by atoms with Gasteiger partial charge in [-0.05, 0) is 36.8 Å². The van der Waals surface area contributed by atoms with Gasteiger partial charge in [0.05, 0.1) is 11.9 Å². The van der Waals surface area contributed by atoms with Gasteiger partial charge < -0.3 is 10.0 Å². The molecule has 0 amide bonds. The van der Waals surface area contributed by atoms with Crippen molar-refractivity contribution in [1.82, 2.24) is 9.88 Å². The molecule has 0 atom stereocenters. The summed E-state index contributed by atoms with van der Waals surface area (Å²) >= 11 is 0. The van der Waals surface area contributed by atoms with E-state index >= 15 is 0 Å². The molecule has 110 valence electrons. The molecule has 0 aliphatic carbocycles. The zero-order chi connectivity index (χ0) is 14.7. The third-order valence-electron chi connectivity index (χ3n) is 3.93. The topological polar surface area (TPSA) is 39.6 Å². The second-order valence-electron chi connectivity index (χ2n) is 5.61. The largest absolute Gasteiger partial charge is 0.506 e. The first-order valence-corrected chi connectivity index (χ1v) is 7.38. The van der Waals surface area contributed by atoms with Crippen molar-refractivity contribution in [3.8, 4) is 5.75 Å². The molecule has 1 aromatic carbocycles. The van der Waals surface area contributed by atoms with Crippen LogP contribution in [-0.4, -0.2) is 41.2 Å². The van der Waals surface area contributed by atoms with Crippen LogP contribution in [0.1, 0.15) is 11.3 Å². The van der Waals surface area contributed by atoms with E-state index in [1.165, 1.54) is 17.4 Å². The Kier molecular flexibility index (Phi) is 4.06. The number of aromatic hydroxyl groups is 1. The molecule has 0 radical (unpaired) electrons. The number of benzene rings is 1. The molecule has 0 saturated carbocycles. The Morgan fingerprint density at radius 2 is 1.90 bits per heavy atom. The predicted molar refractivity (Wildman–Crippen MR) is 84.6 cm³/mol. The van der Waals surface area contributed by atoms with E-state index in [1.54, 1.807) is 6.07 Å².